The van der Waals surface area contributed by atoms with Crippen LogP contribution in [0.15, 0.2) is 17.5 Å². The summed E-state index contributed by atoms with van der Waals surface area (Å²) in [5.74, 6) is -0.314. The fourth-order valence-corrected chi connectivity index (χ4v) is 5.59. The van der Waals surface area contributed by atoms with Crippen molar-refractivity contribution in [3.8, 4) is 0 Å². The summed E-state index contributed by atoms with van der Waals surface area (Å²) in [5.41, 5.74) is 0. The molecule has 3 heterocycles. The lowest BCUT2D eigenvalue weighted by Gasteiger charge is -2.36. The molecule has 1 N–H and O–H groups in total. The van der Waals surface area contributed by atoms with Gasteiger partial charge >= 0.3 is 0 Å². The Balaban J connectivity index is 1.52. The van der Waals surface area contributed by atoms with E-state index in [0.717, 1.165) is 12.8 Å². The molecule has 0 spiro atoms. The van der Waals surface area contributed by atoms with Crippen LogP contribution in [0.3, 0.4) is 0 Å². The first-order chi connectivity index (χ1) is 12.1. The van der Waals surface area contributed by atoms with Crippen LogP contribution in [0.1, 0.15) is 17.7 Å². The minimum absolute atomic E-state index is 0.0431. The van der Waals surface area contributed by atoms with Crippen LogP contribution >= 0.6 is 11.3 Å². The summed E-state index contributed by atoms with van der Waals surface area (Å²) in [6.45, 7) is 2.97. The molecule has 3 rings (SSSR count). The van der Waals surface area contributed by atoms with Crippen LogP contribution in [0.2, 0.25) is 0 Å². The molecule has 0 aliphatic carbocycles. The van der Waals surface area contributed by atoms with Crippen LogP contribution in [0.5, 0.6) is 0 Å². The molecular formula is C16H25N3O4S2. The number of rotatable bonds is 6. The number of piperidine rings is 1. The van der Waals surface area contributed by atoms with Gasteiger partial charge in [0.05, 0.1) is 19.1 Å². The van der Waals surface area contributed by atoms with E-state index in [4.69, 9.17) is 4.74 Å². The van der Waals surface area contributed by atoms with Crippen molar-refractivity contribution >= 4 is 27.5 Å². The average Bonchev–Trinajstić information content (AvgIpc) is 3.16. The van der Waals surface area contributed by atoms with Crippen LogP contribution < -0.4 is 5.32 Å². The Bertz CT molecular complexity index is 657. The maximum atomic E-state index is 12.7. The third-order valence-electron chi connectivity index (χ3n) is 4.63. The van der Waals surface area contributed by atoms with Gasteiger partial charge in [-0.2, -0.15) is 17.0 Å². The molecule has 0 radical (unpaired) electrons. The summed E-state index contributed by atoms with van der Waals surface area (Å²) in [6.07, 6.45) is 2.26. The average molecular weight is 388 g/mol. The highest BCUT2D eigenvalue weighted by molar-refractivity contribution is 7.86. The topological polar surface area (TPSA) is 79.0 Å². The van der Waals surface area contributed by atoms with Crippen molar-refractivity contribution < 1.29 is 17.9 Å². The molecular weight excluding hydrogens is 362 g/mol. The van der Waals surface area contributed by atoms with E-state index in [2.05, 4.69) is 5.32 Å². The molecule has 2 saturated heterocycles. The van der Waals surface area contributed by atoms with E-state index >= 15 is 0 Å². The number of carbonyl (C=O) groups is 1. The van der Waals surface area contributed by atoms with Crippen LogP contribution in [-0.2, 0) is 26.2 Å². The highest BCUT2D eigenvalue weighted by atomic mass is 32.2. The van der Waals surface area contributed by atoms with E-state index in [1.54, 1.807) is 11.3 Å². The molecule has 7 nitrogen and oxygen atoms in total. The first-order valence-corrected chi connectivity index (χ1v) is 11.0. The van der Waals surface area contributed by atoms with Crippen LogP contribution in [0.4, 0.5) is 0 Å². The van der Waals surface area contributed by atoms with Gasteiger partial charge in [0, 0.05) is 37.6 Å². The second-order valence-corrected chi connectivity index (χ2v) is 9.30. The number of amides is 1. The van der Waals surface area contributed by atoms with E-state index in [0.29, 0.717) is 45.8 Å². The van der Waals surface area contributed by atoms with Crippen molar-refractivity contribution in [2.75, 3.05) is 45.9 Å². The molecule has 0 bridgehead atoms. The highest BCUT2D eigenvalue weighted by Crippen LogP contribution is 2.22. The van der Waals surface area contributed by atoms with Crippen LogP contribution in [0, 0.1) is 5.92 Å². The first-order valence-electron chi connectivity index (χ1n) is 8.70. The van der Waals surface area contributed by atoms with E-state index < -0.39 is 10.2 Å². The summed E-state index contributed by atoms with van der Waals surface area (Å²) in [7, 11) is -3.50. The zero-order valence-electron chi connectivity index (χ0n) is 14.2. The van der Waals surface area contributed by atoms with Gasteiger partial charge in [0.15, 0.2) is 0 Å². The number of hydrogen-bond donors (Lipinski definition) is 1. The third kappa shape index (κ3) is 4.79. The molecule has 1 amide bonds. The predicted molar refractivity (Wildman–Crippen MR) is 96.6 cm³/mol. The highest BCUT2D eigenvalue weighted by Gasteiger charge is 2.36. The maximum absolute atomic E-state index is 12.7. The van der Waals surface area contributed by atoms with Crippen LogP contribution in [0.25, 0.3) is 0 Å². The Kier molecular flexibility index (Phi) is 6.45. The minimum atomic E-state index is -3.50. The molecule has 25 heavy (non-hydrogen) atoms. The van der Waals surface area contributed by atoms with Crippen molar-refractivity contribution in [2.45, 2.75) is 19.3 Å². The number of ether oxygens (including phenoxy) is 1. The van der Waals surface area contributed by atoms with Gasteiger partial charge in [-0.3, -0.25) is 4.79 Å². The van der Waals surface area contributed by atoms with E-state index in [1.807, 2.05) is 17.5 Å². The largest absolute Gasteiger partial charge is 0.379 e. The number of hydrogen-bond acceptors (Lipinski definition) is 5. The summed E-state index contributed by atoms with van der Waals surface area (Å²) < 4.78 is 33.6. The molecule has 0 aromatic carbocycles. The Hall–Kier alpha value is -1.00. The second-order valence-electron chi connectivity index (χ2n) is 6.34. The number of thiophene rings is 1. The SMILES string of the molecule is O=C(NCCc1cccs1)[C@H]1CCCN(S(=O)(=O)N2CCOCC2)C1. The van der Waals surface area contributed by atoms with E-state index in [-0.39, 0.29) is 18.4 Å². The van der Waals surface area contributed by atoms with Gasteiger partial charge in [0.2, 0.25) is 5.91 Å². The number of morpholine rings is 1. The molecule has 2 aliphatic heterocycles. The van der Waals surface area contributed by atoms with E-state index in [9.17, 15) is 13.2 Å². The van der Waals surface area contributed by atoms with Crippen molar-refractivity contribution in [2.24, 2.45) is 5.92 Å². The lowest BCUT2D eigenvalue weighted by Crippen LogP contribution is -2.53. The Morgan fingerprint density at radius 3 is 2.80 bits per heavy atom. The summed E-state index contributed by atoms with van der Waals surface area (Å²) in [4.78, 5) is 13.6. The van der Waals surface area contributed by atoms with Crippen molar-refractivity contribution in [1.29, 1.82) is 0 Å². The zero-order valence-corrected chi connectivity index (χ0v) is 15.9. The Morgan fingerprint density at radius 1 is 1.28 bits per heavy atom. The quantitative estimate of drug-likeness (QED) is 0.779. The van der Waals surface area contributed by atoms with Crippen LogP contribution in [-0.4, -0.2) is 68.9 Å². The monoisotopic (exact) mass is 387 g/mol. The standard InChI is InChI=1S/C16H25N3O4S2/c20-16(17-6-5-15-4-2-12-24-15)14-3-1-7-19(13-14)25(21,22)18-8-10-23-11-9-18/h2,4,12,14H,1,3,5-11,13H2,(H,17,20)/t14-/m0/s1. The van der Waals surface area contributed by atoms with Gasteiger partial charge in [-0.15, -0.1) is 11.3 Å². The smallest absolute Gasteiger partial charge is 0.282 e. The fraction of sp³-hybridized carbons (Fsp3) is 0.688. The van der Waals surface area contributed by atoms with E-state index in [1.165, 1.54) is 13.5 Å². The Labute approximate surface area is 153 Å². The number of nitrogens with one attached hydrogen (secondary N) is 1. The van der Waals surface area contributed by atoms with Gasteiger partial charge in [0.25, 0.3) is 10.2 Å². The summed E-state index contributed by atoms with van der Waals surface area (Å²) >= 11 is 1.68. The van der Waals surface area contributed by atoms with Crippen molar-refractivity contribution in [3.05, 3.63) is 22.4 Å². The summed E-state index contributed by atoms with van der Waals surface area (Å²) in [5, 5.41) is 4.98. The maximum Gasteiger partial charge on any atom is 0.282 e. The second kappa shape index (κ2) is 8.59. The molecule has 0 saturated carbocycles. The molecule has 9 heteroatoms. The molecule has 2 fully saturated rings. The first kappa shape index (κ1) is 18.8. The zero-order chi connectivity index (χ0) is 17.7. The van der Waals surface area contributed by atoms with Gasteiger partial charge in [-0.1, -0.05) is 6.07 Å². The Morgan fingerprint density at radius 2 is 2.08 bits per heavy atom. The molecule has 0 unspecified atom stereocenters. The number of carbonyl (C=O) groups excluding carboxylic acids is 1. The lowest BCUT2D eigenvalue weighted by atomic mass is 9.99. The van der Waals surface area contributed by atoms with Gasteiger partial charge in [-0.25, -0.2) is 0 Å². The minimum Gasteiger partial charge on any atom is -0.379 e. The molecule has 2 aliphatic rings. The summed E-state index contributed by atoms with van der Waals surface area (Å²) in [6, 6.07) is 4.05. The molecule has 1 aromatic rings. The predicted octanol–water partition coefficient (Wildman–Crippen LogP) is 0.696. The van der Waals surface area contributed by atoms with Gasteiger partial charge in [0.1, 0.15) is 0 Å². The molecule has 140 valence electrons. The third-order valence-corrected chi connectivity index (χ3v) is 7.57. The lowest BCUT2D eigenvalue weighted by molar-refractivity contribution is -0.126. The molecule has 1 atom stereocenters. The normalized spacial score (nSPS) is 23.4. The number of nitrogens with zero attached hydrogens (tertiary/aromatic N) is 2. The van der Waals surface area contributed by atoms with Gasteiger partial charge in [-0.05, 0) is 30.7 Å². The molecule has 1 aromatic heterocycles. The van der Waals surface area contributed by atoms with Gasteiger partial charge < -0.3 is 10.1 Å². The van der Waals surface area contributed by atoms with Crippen molar-refractivity contribution in [3.63, 3.8) is 0 Å². The fourth-order valence-electron chi connectivity index (χ4n) is 3.21. The van der Waals surface area contributed by atoms with Crippen molar-refractivity contribution in [1.82, 2.24) is 13.9 Å².